The van der Waals surface area contributed by atoms with Crippen molar-refractivity contribution in [2.75, 3.05) is 23.9 Å². The molecule has 11 heteroatoms. The summed E-state index contributed by atoms with van der Waals surface area (Å²) < 4.78 is 11.1. The van der Waals surface area contributed by atoms with Crippen LogP contribution in [-0.4, -0.2) is 48.9 Å². The molecular formula is C20H21N9O2. The van der Waals surface area contributed by atoms with Crippen molar-refractivity contribution in [3.63, 3.8) is 0 Å². The highest BCUT2D eigenvalue weighted by Crippen LogP contribution is 2.36. The molecule has 0 amide bonds. The molecule has 1 aliphatic rings. The van der Waals surface area contributed by atoms with Gasteiger partial charge in [0.1, 0.15) is 5.82 Å². The van der Waals surface area contributed by atoms with E-state index in [-0.39, 0.29) is 6.04 Å². The van der Waals surface area contributed by atoms with E-state index in [1.165, 1.54) is 0 Å². The molecule has 5 heterocycles. The van der Waals surface area contributed by atoms with Gasteiger partial charge in [-0.05, 0) is 25.8 Å². The van der Waals surface area contributed by atoms with Gasteiger partial charge in [0.15, 0.2) is 23.1 Å². The lowest BCUT2D eigenvalue weighted by Gasteiger charge is -2.23. The average molecular weight is 419 g/mol. The molecule has 31 heavy (non-hydrogen) atoms. The van der Waals surface area contributed by atoms with Gasteiger partial charge in [-0.15, -0.1) is 0 Å². The van der Waals surface area contributed by atoms with Crippen LogP contribution in [0.25, 0.3) is 11.5 Å². The van der Waals surface area contributed by atoms with Gasteiger partial charge in [0.2, 0.25) is 11.8 Å². The van der Waals surface area contributed by atoms with Crippen LogP contribution >= 0.6 is 0 Å². The molecular weight excluding hydrogens is 398 g/mol. The van der Waals surface area contributed by atoms with Crippen molar-refractivity contribution in [1.82, 2.24) is 35.3 Å². The van der Waals surface area contributed by atoms with Crippen molar-refractivity contribution in [1.29, 1.82) is 0 Å². The molecule has 0 saturated carbocycles. The number of nitrogens with zero attached hydrogens (tertiary/aromatic N) is 7. The summed E-state index contributed by atoms with van der Waals surface area (Å²) in [4.78, 5) is 19.8. The van der Waals surface area contributed by atoms with E-state index >= 15 is 0 Å². The van der Waals surface area contributed by atoms with Crippen LogP contribution in [0.3, 0.4) is 0 Å². The van der Waals surface area contributed by atoms with Gasteiger partial charge in [-0.25, -0.2) is 9.97 Å². The number of methoxy groups -OCH3 is 1. The van der Waals surface area contributed by atoms with E-state index in [0.29, 0.717) is 35.0 Å². The van der Waals surface area contributed by atoms with E-state index in [4.69, 9.17) is 14.2 Å². The lowest BCUT2D eigenvalue weighted by atomic mass is 10.1. The quantitative estimate of drug-likeness (QED) is 0.481. The van der Waals surface area contributed by atoms with Crippen LogP contribution in [0.4, 0.5) is 17.6 Å². The predicted molar refractivity (Wildman–Crippen MR) is 112 cm³/mol. The van der Waals surface area contributed by atoms with E-state index in [0.717, 1.165) is 30.8 Å². The largest absolute Gasteiger partial charge is 0.481 e. The van der Waals surface area contributed by atoms with E-state index in [1.807, 2.05) is 19.1 Å². The number of ether oxygens (including phenoxy) is 1. The van der Waals surface area contributed by atoms with Crippen molar-refractivity contribution in [2.24, 2.45) is 0 Å². The minimum absolute atomic E-state index is 0.0439. The molecule has 5 rings (SSSR count). The van der Waals surface area contributed by atoms with Crippen LogP contribution in [0.5, 0.6) is 5.88 Å². The average Bonchev–Trinajstić information content (AvgIpc) is 3.55. The maximum Gasteiger partial charge on any atom is 0.231 e. The number of aryl methyl sites for hydroxylation is 1. The van der Waals surface area contributed by atoms with Crippen LogP contribution in [-0.2, 0) is 0 Å². The third-order valence-electron chi connectivity index (χ3n) is 5.02. The standard InChI is InChI=1S/C20H21N9O2/c1-12-9-17(27-26-12)23-16-11-18(30-2)25-20(24-16)29-8-3-5-14(29)15-10-13(28-31-15)19-21-6-4-7-22-19/h4,6-7,9-11,14H,3,5,8H2,1-2H3,(H2,23,24,25,26,27). The number of H-pyrrole nitrogens is 1. The Morgan fingerprint density at radius 3 is 2.81 bits per heavy atom. The number of nitrogens with one attached hydrogen (secondary N) is 2. The molecule has 0 radical (unpaired) electrons. The van der Waals surface area contributed by atoms with Crippen molar-refractivity contribution >= 4 is 17.6 Å². The van der Waals surface area contributed by atoms with Gasteiger partial charge in [0, 0.05) is 42.8 Å². The molecule has 158 valence electrons. The first-order valence-corrected chi connectivity index (χ1v) is 9.92. The molecule has 2 N–H and O–H groups in total. The molecule has 0 bridgehead atoms. The number of rotatable bonds is 6. The molecule has 1 unspecified atom stereocenters. The molecule has 1 aliphatic heterocycles. The minimum Gasteiger partial charge on any atom is -0.481 e. The summed E-state index contributed by atoms with van der Waals surface area (Å²) in [5, 5.41) is 14.4. The summed E-state index contributed by atoms with van der Waals surface area (Å²) >= 11 is 0. The molecule has 1 saturated heterocycles. The minimum atomic E-state index is -0.0439. The summed E-state index contributed by atoms with van der Waals surface area (Å²) in [6.07, 6.45) is 5.23. The molecule has 0 spiro atoms. The van der Waals surface area contributed by atoms with Crippen molar-refractivity contribution < 1.29 is 9.26 Å². The van der Waals surface area contributed by atoms with Crippen molar-refractivity contribution in [2.45, 2.75) is 25.8 Å². The van der Waals surface area contributed by atoms with E-state index in [1.54, 1.807) is 31.6 Å². The second-order valence-corrected chi connectivity index (χ2v) is 7.20. The van der Waals surface area contributed by atoms with Gasteiger partial charge in [-0.1, -0.05) is 5.16 Å². The number of aromatic nitrogens is 7. The van der Waals surface area contributed by atoms with Gasteiger partial charge < -0.3 is 19.5 Å². The Labute approximate surface area is 177 Å². The fraction of sp³-hybridized carbons (Fsp3) is 0.300. The summed E-state index contributed by atoms with van der Waals surface area (Å²) in [5.74, 6) is 3.52. The maximum atomic E-state index is 5.65. The van der Waals surface area contributed by atoms with Crippen LogP contribution in [0.1, 0.15) is 30.3 Å². The van der Waals surface area contributed by atoms with Gasteiger partial charge in [-0.2, -0.15) is 15.1 Å². The topological polar surface area (TPSA) is 131 Å². The van der Waals surface area contributed by atoms with Crippen LogP contribution in [0.2, 0.25) is 0 Å². The van der Waals surface area contributed by atoms with Gasteiger partial charge >= 0.3 is 0 Å². The smallest absolute Gasteiger partial charge is 0.231 e. The summed E-state index contributed by atoms with van der Waals surface area (Å²) in [6.45, 7) is 2.72. The Hall–Kier alpha value is -4.02. The van der Waals surface area contributed by atoms with Gasteiger partial charge in [-0.3, -0.25) is 5.10 Å². The molecule has 0 aliphatic carbocycles. The fourth-order valence-corrected chi connectivity index (χ4v) is 3.61. The van der Waals surface area contributed by atoms with E-state index in [2.05, 4.69) is 40.5 Å². The number of hydrogen-bond donors (Lipinski definition) is 2. The second-order valence-electron chi connectivity index (χ2n) is 7.20. The number of aromatic amines is 1. The van der Waals surface area contributed by atoms with Gasteiger partial charge in [0.05, 0.1) is 13.2 Å². The number of anilines is 3. The van der Waals surface area contributed by atoms with Crippen molar-refractivity contribution in [3.05, 3.63) is 48.1 Å². The second kappa shape index (κ2) is 8.01. The summed E-state index contributed by atoms with van der Waals surface area (Å²) in [6, 6.07) is 7.23. The Kier molecular flexibility index (Phi) is 4.90. The summed E-state index contributed by atoms with van der Waals surface area (Å²) in [7, 11) is 1.58. The Morgan fingerprint density at radius 1 is 1.16 bits per heavy atom. The normalized spacial score (nSPS) is 15.9. The molecule has 1 atom stereocenters. The molecule has 11 nitrogen and oxygen atoms in total. The first-order valence-electron chi connectivity index (χ1n) is 9.92. The zero-order valence-electron chi connectivity index (χ0n) is 17.1. The predicted octanol–water partition coefficient (Wildman–Crippen LogP) is 3.05. The molecule has 4 aromatic heterocycles. The lowest BCUT2D eigenvalue weighted by Crippen LogP contribution is -2.24. The van der Waals surface area contributed by atoms with E-state index < -0.39 is 0 Å². The fourth-order valence-electron chi connectivity index (χ4n) is 3.61. The third kappa shape index (κ3) is 3.89. The van der Waals surface area contributed by atoms with Gasteiger partial charge in [0.25, 0.3) is 0 Å². The third-order valence-corrected chi connectivity index (χ3v) is 5.02. The van der Waals surface area contributed by atoms with E-state index in [9.17, 15) is 0 Å². The molecule has 1 fully saturated rings. The molecule has 4 aromatic rings. The van der Waals surface area contributed by atoms with Crippen LogP contribution in [0.15, 0.2) is 41.2 Å². The highest BCUT2D eigenvalue weighted by atomic mass is 16.5. The first-order chi connectivity index (χ1) is 15.2. The number of hydrogen-bond acceptors (Lipinski definition) is 10. The molecule has 0 aromatic carbocycles. The lowest BCUT2D eigenvalue weighted by molar-refractivity contribution is 0.361. The zero-order valence-corrected chi connectivity index (χ0v) is 17.1. The Bertz CT molecular complexity index is 1170. The zero-order chi connectivity index (χ0) is 21.2. The maximum absolute atomic E-state index is 5.65. The summed E-state index contributed by atoms with van der Waals surface area (Å²) in [5.41, 5.74) is 1.55. The Balaban J connectivity index is 1.43. The Morgan fingerprint density at radius 2 is 2.03 bits per heavy atom. The van der Waals surface area contributed by atoms with Crippen LogP contribution in [0, 0.1) is 6.92 Å². The first kappa shape index (κ1) is 19.0. The van der Waals surface area contributed by atoms with Crippen molar-refractivity contribution in [3.8, 4) is 17.4 Å². The SMILES string of the molecule is COc1cc(Nc2cc(C)[nH]n2)nc(N2CCCC2c2cc(-c3ncccn3)no2)n1. The highest BCUT2D eigenvalue weighted by Gasteiger charge is 2.32. The van der Waals surface area contributed by atoms with Crippen LogP contribution < -0.4 is 15.0 Å². The monoisotopic (exact) mass is 419 g/mol. The highest BCUT2D eigenvalue weighted by molar-refractivity contribution is 5.56.